The molecule has 0 fully saturated rings. The van der Waals surface area contributed by atoms with Crippen LogP contribution in [0.2, 0.25) is 0 Å². The van der Waals surface area contributed by atoms with Crippen LogP contribution >= 0.6 is 0 Å². The molecule has 0 aromatic carbocycles. The Morgan fingerprint density at radius 3 is 3.00 bits per heavy atom. The molecule has 0 radical (unpaired) electrons. The first kappa shape index (κ1) is 8.51. The van der Waals surface area contributed by atoms with Crippen LogP contribution in [0.1, 0.15) is 12.8 Å². The molecule has 1 aromatic rings. The SMILES string of the molecule is CCOC(=O)Cc1nc(N)no1. The molecule has 12 heavy (non-hydrogen) atoms. The third-order valence-corrected chi connectivity index (χ3v) is 1.08. The van der Waals surface area contributed by atoms with Gasteiger partial charge in [-0.1, -0.05) is 0 Å². The van der Waals surface area contributed by atoms with E-state index in [1.54, 1.807) is 6.92 Å². The molecule has 0 aliphatic rings. The number of nitrogen functional groups attached to an aromatic ring is 1. The summed E-state index contributed by atoms with van der Waals surface area (Å²) in [5.41, 5.74) is 5.16. The van der Waals surface area contributed by atoms with Crippen LogP contribution in [0.4, 0.5) is 5.95 Å². The van der Waals surface area contributed by atoms with Gasteiger partial charge in [0, 0.05) is 0 Å². The van der Waals surface area contributed by atoms with Crippen molar-refractivity contribution in [2.75, 3.05) is 12.3 Å². The molecule has 0 atom stereocenters. The molecule has 6 heteroatoms. The molecule has 66 valence electrons. The zero-order valence-electron chi connectivity index (χ0n) is 6.61. The molecular weight excluding hydrogens is 162 g/mol. The Kier molecular flexibility index (Phi) is 2.62. The number of esters is 1. The topological polar surface area (TPSA) is 91.2 Å². The Labute approximate surface area is 68.7 Å². The van der Waals surface area contributed by atoms with Crippen LogP contribution < -0.4 is 5.73 Å². The summed E-state index contributed by atoms with van der Waals surface area (Å²) in [4.78, 5) is 14.5. The maximum atomic E-state index is 10.8. The van der Waals surface area contributed by atoms with Crippen molar-refractivity contribution in [3.8, 4) is 0 Å². The summed E-state index contributed by atoms with van der Waals surface area (Å²) in [6.07, 6.45) is -0.0297. The van der Waals surface area contributed by atoms with Gasteiger partial charge in [0.05, 0.1) is 6.61 Å². The highest BCUT2D eigenvalue weighted by Crippen LogP contribution is 1.99. The normalized spacial score (nSPS) is 9.75. The van der Waals surface area contributed by atoms with E-state index in [2.05, 4.69) is 19.4 Å². The fourth-order valence-electron chi connectivity index (χ4n) is 0.675. The number of nitrogens with zero attached hydrogens (tertiary/aromatic N) is 2. The minimum absolute atomic E-state index is 0.0225. The number of carbonyl (C=O) groups is 1. The minimum Gasteiger partial charge on any atom is -0.466 e. The van der Waals surface area contributed by atoms with E-state index in [-0.39, 0.29) is 18.3 Å². The van der Waals surface area contributed by atoms with E-state index in [0.717, 1.165) is 0 Å². The van der Waals surface area contributed by atoms with Gasteiger partial charge in [0.1, 0.15) is 6.42 Å². The van der Waals surface area contributed by atoms with E-state index in [9.17, 15) is 4.79 Å². The van der Waals surface area contributed by atoms with Gasteiger partial charge in [0.15, 0.2) is 0 Å². The first-order chi connectivity index (χ1) is 5.72. The van der Waals surface area contributed by atoms with Crippen molar-refractivity contribution >= 4 is 11.9 Å². The number of rotatable bonds is 3. The summed E-state index contributed by atoms with van der Waals surface area (Å²) in [5, 5.41) is 3.31. The predicted molar refractivity (Wildman–Crippen MR) is 39.0 cm³/mol. The number of nitrogens with two attached hydrogens (primary N) is 1. The molecule has 0 saturated heterocycles. The van der Waals surface area contributed by atoms with E-state index >= 15 is 0 Å². The Balaban J connectivity index is 2.46. The first-order valence-corrected chi connectivity index (χ1v) is 3.46. The van der Waals surface area contributed by atoms with Gasteiger partial charge in [-0.3, -0.25) is 4.79 Å². The molecule has 0 saturated carbocycles. The van der Waals surface area contributed by atoms with E-state index in [1.165, 1.54) is 0 Å². The minimum atomic E-state index is -0.402. The van der Waals surface area contributed by atoms with E-state index in [4.69, 9.17) is 5.73 Å². The van der Waals surface area contributed by atoms with Gasteiger partial charge in [-0.25, -0.2) is 0 Å². The average molecular weight is 171 g/mol. The van der Waals surface area contributed by atoms with Crippen molar-refractivity contribution in [1.29, 1.82) is 0 Å². The monoisotopic (exact) mass is 171 g/mol. The molecule has 0 aliphatic heterocycles. The molecule has 0 bridgehead atoms. The summed E-state index contributed by atoms with van der Waals surface area (Å²) in [5.74, 6) is -0.207. The second-order valence-electron chi connectivity index (χ2n) is 2.03. The molecule has 2 N–H and O–H groups in total. The lowest BCUT2D eigenvalue weighted by molar-refractivity contribution is -0.142. The van der Waals surface area contributed by atoms with Crippen LogP contribution in [0, 0.1) is 0 Å². The van der Waals surface area contributed by atoms with E-state index in [1.807, 2.05) is 0 Å². The lowest BCUT2D eigenvalue weighted by Gasteiger charge is -1.95. The van der Waals surface area contributed by atoms with Crippen LogP contribution in [-0.4, -0.2) is 22.7 Å². The number of hydrogen-bond donors (Lipinski definition) is 1. The Morgan fingerprint density at radius 2 is 2.50 bits per heavy atom. The maximum absolute atomic E-state index is 10.8. The van der Waals surface area contributed by atoms with Gasteiger partial charge in [-0.05, 0) is 12.1 Å². The molecule has 0 spiro atoms. The van der Waals surface area contributed by atoms with E-state index in [0.29, 0.717) is 6.61 Å². The lowest BCUT2D eigenvalue weighted by atomic mass is 10.4. The van der Waals surface area contributed by atoms with Crippen LogP contribution in [-0.2, 0) is 16.0 Å². The highest BCUT2D eigenvalue weighted by Gasteiger charge is 2.09. The summed E-state index contributed by atoms with van der Waals surface area (Å²) in [6, 6.07) is 0. The largest absolute Gasteiger partial charge is 0.466 e. The fraction of sp³-hybridized carbons (Fsp3) is 0.500. The highest BCUT2D eigenvalue weighted by molar-refractivity contribution is 5.71. The van der Waals surface area contributed by atoms with Crippen molar-refractivity contribution in [2.45, 2.75) is 13.3 Å². The maximum Gasteiger partial charge on any atom is 0.315 e. The number of anilines is 1. The van der Waals surface area contributed by atoms with Gasteiger partial charge in [-0.15, -0.1) is 0 Å². The summed E-state index contributed by atoms with van der Waals surface area (Å²) in [7, 11) is 0. The van der Waals surface area contributed by atoms with Gasteiger partial charge >= 0.3 is 5.97 Å². The van der Waals surface area contributed by atoms with Crippen LogP contribution in [0.25, 0.3) is 0 Å². The number of hydrogen-bond acceptors (Lipinski definition) is 6. The third-order valence-electron chi connectivity index (χ3n) is 1.08. The zero-order chi connectivity index (χ0) is 8.97. The molecule has 0 aliphatic carbocycles. The number of aromatic nitrogens is 2. The average Bonchev–Trinajstić information content (AvgIpc) is 2.36. The lowest BCUT2D eigenvalue weighted by Crippen LogP contribution is -2.07. The van der Waals surface area contributed by atoms with Crippen molar-refractivity contribution in [2.24, 2.45) is 0 Å². The van der Waals surface area contributed by atoms with Gasteiger partial charge in [0.2, 0.25) is 5.89 Å². The summed E-state index contributed by atoms with van der Waals surface area (Å²) in [6.45, 7) is 2.06. The molecule has 1 heterocycles. The van der Waals surface area contributed by atoms with Gasteiger partial charge < -0.3 is 15.0 Å². The molecule has 1 rings (SSSR count). The molecule has 0 amide bonds. The summed E-state index contributed by atoms with van der Waals surface area (Å²) < 4.78 is 9.24. The quantitative estimate of drug-likeness (QED) is 0.631. The second-order valence-corrected chi connectivity index (χ2v) is 2.03. The summed E-state index contributed by atoms with van der Waals surface area (Å²) >= 11 is 0. The molecular formula is C6H9N3O3. The van der Waals surface area contributed by atoms with Crippen molar-refractivity contribution in [1.82, 2.24) is 10.1 Å². The first-order valence-electron chi connectivity index (χ1n) is 3.46. The Hall–Kier alpha value is -1.59. The van der Waals surface area contributed by atoms with Crippen LogP contribution in [0.5, 0.6) is 0 Å². The van der Waals surface area contributed by atoms with Gasteiger partial charge in [-0.2, -0.15) is 4.98 Å². The molecule has 1 aromatic heterocycles. The molecule has 0 unspecified atom stereocenters. The smallest absolute Gasteiger partial charge is 0.315 e. The van der Waals surface area contributed by atoms with Crippen molar-refractivity contribution in [3.63, 3.8) is 0 Å². The predicted octanol–water partition coefficient (Wildman–Crippen LogP) is -0.243. The fourth-order valence-corrected chi connectivity index (χ4v) is 0.675. The van der Waals surface area contributed by atoms with Crippen molar-refractivity contribution in [3.05, 3.63) is 5.89 Å². The number of ether oxygens (including phenoxy) is 1. The van der Waals surface area contributed by atoms with E-state index < -0.39 is 5.97 Å². The Morgan fingerprint density at radius 1 is 1.75 bits per heavy atom. The number of carbonyl (C=O) groups excluding carboxylic acids is 1. The Bertz CT molecular complexity index is 271. The third kappa shape index (κ3) is 2.22. The van der Waals surface area contributed by atoms with Crippen LogP contribution in [0.3, 0.4) is 0 Å². The second kappa shape index (κ2) is 3.70. The zero-order valence-corrected chi connectivity index (χ0v) is 6.61. The highest BCUT2D eigenvalue weighted by atomic mass is 16.5. The standard InChI is InChI=1S/C6H9N3O3/c1-2-11-5(10)3-4-8-6(7)9-12-4/h2-3H2,1H3,(H2,7,9). The van der Waals surface area contributed by atoms with Gasteiger partial charge in [0.25, 0.3) is 5.95 Å². The van der Waals surface area contributed by atoms with Crippen LogP contribution in [0.15, 0.2) is 4.52 Å². The van der Waals surface area contributed by atoms with Crippen molar-refractivity contribution < 1.29 is 14.1 Å². The molecule has 6 nitrogen and oxygen atoms in total.